The van der Waals surface area contributed by atoms with E-state index in [9.17, 15) is 5.26 Å². The monoisotopic (exact) mass is 453 g/mol. The van der Waals surface area contributed by atoms with Gasteiger partial charge in [-0.05, 0) is 59.2 Å². The molecule has 5 heteroatoms. The molecule has 0 bridgehead atoms. The SMILES string of the molecule is COc1cc(/C=C(/C#N)c2ccc(Cl)cc2)ccc1OCc1ccc(Br)cc1. The van der Waals surface area contributed by atoms with Crippen LogP contribution < -0.4 is 9.47 Å². The summed E-state index contributed by atoms with van der Waals surface area (Å²) in [6.07, 6.45) is 1.81. The minimum atomic E-state index is 0.438. The van der Waals surface area contributed by atoms with E-state index in [2.05, 4.69) is 22.0 Å². The number of hydrogen-bond acceptors (Lipinski definition) is 3. The Morgan fingerprint density at radius 3 is 2.39 bits per heavy atom. The van der Waals surface area contributed by atoms with Crippen LogP contribution >= 0.6 is 27.5 Å². The van der Waals surface area contributed by atoms with E-state index < -0.39 is 0 Å². The topological polar surface area (TPSA) is 42.2 Å². The van der Waals surface area contributed by atoms with Crippen LogP contribution in [0.25, 0.3) is 11.6 Å². The number of nitriles is 1. The smallest absolute Gasteiger partial charge is 0.161 e. The van der Waals surface area contributed by atoms with E-state index in [1.165, 1.54) is 0 Å². The van der Waals surface area contributed by atoms with Crippen LogP contribution in [-0.2, 0) is 6.61 Å². The number of rotatable bonds is 6. The van der Waals surface area contributed by atoms with Gasteiger partial charge in [0.2, 0.25) is 0 Å². The fourth-order valence-electron chi connectivity index (χ4n) is 2.61. The van der Waals surface area contributed by atoms with Gasteiger partial charge < -0.3 is 9.47 Å². The molecule has 3 aromatic rings. The zero-order valence-corrected chi connectivity index (χ0v) is 17.5. The van der Waals surface area contributed by atoms with Crippen molar-refractivity contribution >= 4 is 39.2 Å². The predicted molar refractivity (Wildman–Crippen MR) is 116 cm³/mol. The Balaban J connectivity index is 1.80. The van der Waals surface area contributed by atoms with Crippen LogP contribution in [0, 0.1) is 11.3 Å². The van der Waals surface area contributed by atoms with Crippen molar-refractivity contribution in [2.45, 2.75) is 6.61 Å². The van der Waals surface area contributed by atoms with Gasteiger partial charge in [0.1, 0.15) is 6.61 Å². The molecular weight excluding hydrogens is 438 g/mol. The molecule has 0 unspecified atom stereocenters. The van der Waals surface area contributed by atoms with E-state index in [1.807, 2.05) is 60.7 Å². The van der Waals surface area contributed by atoms with Crippen molar-refractivity contribution < 1.29 is 9.47 Å². The molecule has 28 heavy (non-hydrogen) atoms. The molecule has 3 rings (SSSR count). The highest BCUT2D eigenvalue weighted by molar-refractivity contribution is 9.10. The average molecular weight is 455 g/mol. The first kappa shape index (κ1) is 20.0. The summed E-state index contributed by atoms with van der Waals surface area (Å²) >= 11 is 9.35. The molecule has 0 saturated carbocycles. The number of allylic oxidation sites excluding steroid dienone is 1. The maximum atomic E-state index is 9.51. The molecule has 0 aromatic heterocycles. The Hall–Kier alpha value is -2.74. The Morgan fingerprint density at radius 2 is 1.75 bits per heavy atom. The molecule has 0 aliphatic heterocycles. The van der Waals surface area contributed by atoms with Gasteiger partial charge in [0.05, 0.1) is 18.8 Å². The van der Waals surface area contributed by atoms with Gasteiger partial charge in [-0.3, -0.25) is 0 Å². The molecule has 3 nitrogen and oxygen atoms in total. The second kappa shape index (κ2) is 9.45. The van der Waals surface area contributed by atoms with E-state index in [4.69, 9.17) is 21.1 Å². The highest BCUT2D eigenvalue weighted by atomic mass is 79.9. The second-order valence-electron chi connectivity index (χ2n) is 6.00. The minimum Gasteiger partial charge on any atom is -0.493 e. The van der Waals surface area contributed by atoms with Crippen LogP contribution in [0.5, 0.6) is 11.5 Å². The van der Waals surface area contributed by atoms with Crippen molar-refractivity contribution in [3.05, 3.63) is 92.9 Å². The molecular formula is C23H17BrClNO2. The van der Waals surface area contributed by atoms with Crippen LogP contribution in [0.3, 0.4) is 0 Å². The molecule has 0 N–H and O–H groups in total. The summed E-state index contributed by atoms with van der Waals surface area (Å²) in [7, 11) is 1.60. The molecule has 0 heterocycles. The third-order valence-electron chi connectivity index (χ3n) is 4.08. The largest absolute Gasteiger partial charge is 0.493 e. The van der Waals surface area contributed by atoms with Gasteiger partial charge in [-0.2, -0.15) is 5.26 Å². The zero-order valence-electron chi connectivity index (χ0n) is 15.2. The second-order valence-corrected chi connectivity index (χ2v) is 7.35. The molecule has 0 spiro atoms. The van der Waals surface area contributed by atoms with E-state index in [0.717, 1.165) is 21.2 Å². The van der Waals surface area contributed by atoms with E-state index in [1.54, 1.807) is 19.2 Å². The molecule has 0 atom stereocenters. The summed E-state index contributed by atoms with van der Waals surface area (Å²) in [5.41, 5.74) is 3.26. The normalized spacial score (nSPS) is 11.0. The average Bonchev–Trinajstić information content (AvgIpc) is 2.72. The quantitative estimate of drug-likeness (QED) is 0.305. The molecule has 0 saturated heterocycles. The lowest BCUT2D eigenvalue weighted by molar-refractivity contribution is 0.284. The number of ether oxygens (including phenoxy) is 2. The van der Waals surface area contributed by atoms with Crippen molar-refractivity contribution in [3.8, 4) is 17.6 Å². The molecule has 3 aromatic carbocycles. The Bertz CT molecular complexity index is 1020. The van der Waals surface area contributed by atoms with Crippen LogP contribution in [-0.4, -0.2) is 7.11 Å². The lowest BCUT2D eigenvalue weighted by Gasteiger charge is -2.12. The number of halogens is 2. The van der Waals surface area contributed by atoms with Gasteiger partial charge in [-0.25, -0.2) is 0 Å². The molecule has 0 radical (unpaired) electrons. The van der Waals surface area contributed by atoms with Crippen LogP contribution in [0.15, 0.2) is 71.2 Å². The summed E-state index contributed by atoms with van der Waals surface area (Å²) < 4.78 is 12.4. The van der Waals surface area contributed by atoms with Crippen molar-refractivity contribution in [3.63, 3.8) is 0 Å². The lowest BCUT2D eigenvalue weighted by Crippen LogP contribution is -1.98. The highest BCUT2D eigenvalue weighted by Gasteiger charge is 2.07. The molecule has 0 aliphatic carbocycles. The summed E-state index contributed by atoms with van der Waals surface area (Å²) in [5, 5.41) is 10.1. The summed E-state index contributed by atoms with van der Waals surface area (Å²) in [6.45, 7) is 0.438. The first-order valence-corrected chi connectivity index (χ1v) is 9.69. The summed E-state index contributed by atoms with van der Waals surface area (Å²) in [4.78, 5) is 0. The maximum Gasteiger partial charge on any atom is 0.161 e. The maximum absolute atomic E-state index is 9.51. The van der Waals surface area contributed by atoms with Gasteiger partial charge in [-0.1, -0.05) is 57.9 Å². The van der Waals surface area contributed by atoms with E-state index in [-0.39, 0.29) is 0 Å². The van der Waals surface area contributed by atoms with E-state index in [0.29, 0.717) is 28.7 Å². The van der Waals surface area contributed by atoms with Crippen molar-refractivity contribution in [1.82, 2.24) is 0 Å². The lowest BCUT2D eigenvalue weighted by atomic mass is 10.0. The third kappa shape index (κ3) is 5.16. The van der Waals surface area contributed by atoms with Gasteiger partial charge >= 0.3 is 0 Å². The molecule has 0 amide bonds. The van der Waals surface area contributed by atoms with Crippen molar-refractivity contribution in [1.29, 1.82) is 5.26 Å². The van der Waals surface area contributed by atoms with E-state index >= 15 is 0 Å². The zero-order chi connectivity index (χ0) is 19.9. The van der Waals surface area contributed by atoms with Crippen LogP contribution in [0.2, 0.25) is 5.02 Å². The van der Waals surface area contributed by atoms with Gasteiger partial charge in [0.25, 0.3) is 0 Å². The number of hydrogen-bond donors (Lipinski definition) is 0. The first-order valence-electron chi connectivity index (χ1n) is 8.52. The molecule has 140 valence electrons. The Kier molecular flexibility index (Phi) is 6.76. The molecule has 0 fully saturated rings. The fraction of sp³-hybridized carbons (Fsp3) is 0.0870. The number of benzene rings is 3. The molecule has 0 aliphatic rings. The summed E-state index contributed by atoms with van der Waals surface area (Å²) in [6, 6.07) is 23.0. The van der Waals surface area contributed by atoms with Crippen LogP contribution in [0.4, 0.5) is 0 Å². The fourth-order valence-corrected chi connectivity index (χ4v) is 3.00. The Labute approximate surface area is 177 Å². The Morgan fingerprint density at radius 1 is 1.04 bits per heavy atom. The number of methoxy groups -OCH3 is 1. The van der Waals surface area contributed by atoms with Crippen molar-refractivity contribution in [2.24, 2.45) is 0 Å². The van der Waals surface area contributed by atoms with Crippen LogP contribution in [0.1, 0.15) is 16.7 Å². The van der Waals surface area contributed by atoms with Crippen molar-refractivity contribution in [2.75, 3.05) is 7.11 Å². The summed E-state index contributed by atoms with van der Waals surface area (Å²) in [5.74, 6) is 1.26. The third-order valence-corrected chi connectivity index (χ3v) is 4.86. The highest BCUT2D eigenvalue weighted by Crippen LogP contribution is 2.30. The minimum absolute atomic E-state index is 0.438. The van der Waals surface area contributed by atoms with Gasteiger partial charge in [0.15, 0.2) is 11.5 Å². The predicted octanol–water partition coefficient (Wildman–Crippen LogP) is 6.75. The standard InChI is InChI=1S/C23H17BrClNO2/c1-27-23-13-17(12-19(14-26)18-5-9-21(25)10-6-18)4-11-22(23)28-15-16-2-7-20(24)8-3-16/h2-13H,15H2,1H3/b19-12-. The first-order chi connectivity index (χ1) is 13.6. The van der Waals surface area contributed by atoms with Gasteiger partial charge in [-0.15, -0.1) is 0 Å². The van der Waals surface area contributed by atoms with Gasteiger partial charge in [0, 0.05) is 9.50 Å². The number of nitrogens with zero attached hydrogens (tertiary/aromatic N) is 1.